The average molecular weight is 420 g/mol. The third-order valence-corrected chi connectivity index (χ3v) is 5.47. The molecular formula is C20H25N3O5S. The Balaban J connectivity index is 1.86. The number of benzene rings is 1. The molecule has 1 aromatic rings. The second-order valence-electron chi connectivity index (χ2n) is 6.64. The van der Waals surface area contributed by atoms with Crippen molar-refractivity contribution >= 4 is 40.4 Å². The predicted octanol–water partition coefficient (Wildman–Crippen LogP) is 1.05. The first-order chi connectivity index (χ1) is 13.8. The van der Waals surface area contributed by atoms with Crippen molar-refractivity contribution < 1.29 is 24.3 Å². The molecule has 0 bridgehead atoms. The third kappa shape index (κ3) is 7.98. The number of rotatable bonds is 11. The van der Waals surface area contributed by atoms with Gasteiger partial charge < -0.3 is 21.5 Å². The third-order valence-electron chi connectivity index (χ3n) is 4.32. The van der Waals surface area contributed by atoms with Gasteiger partial charge in [0.05, 0.1) is 6.54 Å². The molecule has 0 fully saturated rings. The minimum Gasteiger partial charge on any atom is -0.481 e. The smallest absolute Gasteiger partial charge is 0.303 e. The standard InChI is InChI=1S/C20H25N3O5S/c21-17(24)12-22-20(28)15(8-10-19(26)27)23-18(25)9-5-13-3-6-14(7-4-13)16-2-1-11-29-16/h2-4,6-7,15H,1,5,8-12H2,(H2,21,24)(H,22,28)(H,23,25)(H,26,27). The van der Waals surface area contributed by atoms with Crippen LogP contribution in [-0.2, 0) is 25.6 Å². The zero-order valence-electron chi connectivity index (χ0n) is 16.0. The summed E-state index contributed by atoms with van der Waals surface area (Å²) in [7, 11) is 0. The molecule has 0 radical (unpaired) electrons. The number of aliphatic carboxylic acids is 1. The maximum absolute atomic E-state index is 12.2. The minimum absolute atomic E-state index is 0.0762. The molecule has 5 N–H and O–H groups in total. The van der Waals surface area contributed by atoms with Gasteiger partial charge in [0.25, 0.3) is 0 Å². The van der Waals surface area contributed by atoms with Gasteiger partial charge in [0.15, 0.2) is 0 Å². The van der Waals surface area contributed by atoms with E-state index in [4.69, 9.17) is 10.8 Å². The number of carboxylic acid groups (broad SMARTS) is 1. The maximum atomic E-state index is 12.2. The predicted molar refractivity (Wildman–Crippen MR) is 111 cm³/mol. The van der Waals surface area contributed by atoms with Gasteiger partial charge in [0, 0.05) is 23.5 Å². The van der Waals surface area contributed by atoms with E-state index < -0.39 is 23.8 Å². The van der Waals surface area contributed by atoms with Crippen LogP contribution < -0.4 is 16.4 Å². The number of carbonyl (C=O) groups excluding carboxylic acids is 3. The van der Waals surface area contributed by atoms with Gasteiger partial charge in [-0.15, -0.1) is 11.8 Å². The molecule has 9 heteroatoms. The van der Waals surface area contributed by atoms with Crippen molar-refractivity contribution in [1.29, 1.82) is 0 Å². The van der Waals surface area contributed by atoms with Crippen LogP contribution in [0.4, 0.5) is 0 Å². The van der Waals surface area contributed by atoms with E-state index in [-0.39, 0.29) is 31.7 Å². The molecule has 2 rings (SSSR count). The molecule has 1 aliphatic heterocycles. The molecule has 1 atom stereocenters. The summed E-state index contributed by atoms with van der Waals surface area (Å²) in [5, 5.41) is 13.7. The van der Waals surface area contributed by atoms with Gasteiger partial charge >= 0.3 is 5.97 Å². The number of hydrogen-bond acceptors (Lipinski definition) is 5. The number of primary amides is 1. The summed E-state index contributed by atoms with van der Waals surface area (Å²) in [5.41, 5.74) is 7.15. The average Bonchev–Trinajstić information content (AvgIpc) is 3.22. The Morgan fingerprint density at radius 3 is 2.45 bits per heavy atom. The van der Waals surface area contributed by atoms with Crippen LogP contribution in [0.1, 0.15) is 36.8 Å². The highest BCUT2D eigenvalue weighted by molar-refractivity contribution is 8.08. The Kier molecular flexibility index (Phi) is 8.72. The van der Waals surface area contributed by atoms with Crippen LogP contribution in [0.15, 0.2) is 30.3 Å². The van der Waals surface area contributed by atoms with Gasteiger partial charge in [-0.3, -0.25) is 19.2 Å². The fourth-order valence-electron chi connectivity index (χ4n) is 2.81. The summed E-state index contributed by atoms with van der Waals surface area (Å²) in [4.78, 5) is 47.2. The van der Waals surface area contributed by atoms with E-state index >= 15 is 0 Å². The largest absolute Gasteiger partial charge is 0.481 e. The van der Waals surface area contributed by atoms with Gasteiger partial charge in [-0.25, -0.2) is 0 Å². The van der Waals surface area contributed by atoms with E-state index in [9.17, 15) is 19.2 Å². The van der Waals surface area contributed by atoms with Crippen molar-refractivity contribution in [3.05, 3.63) is 41.5 Å². The van der Waals surface area contributed by atoms with Crippen LogP contribution in [0.2, 0.25) is 0 Å². The molecule has 0 aromatic heterocycles. The number of carboxylic acids is 1. The number of nitrogens with two attached hydrogens (primary N) is 1. The summed E-state index contributed by atoms with van der Waals surface area (Å²) in [5.74, 6) is -1.70. The Hall–Kier alpha value is -2.81. The van der Waals surface area contributed by atoms with Crippen LogP contribution in [0.5, 0.6) is 0 Å². The highest BCUT2D eigenvalue weighted by atomic mass is 32.2. The fourth-order valence-corrected chi connectivity index (χ4v) is 3.81. The maximum Gasteiger partial charge on any atom is 0.303 e. The van der Waals surface area contributed by atoms with Gasteiger partial charge in [-0.2, -0.15) is 0 Å². The van der Waals surface area contributed by atoms with E-state index in [2.05, 4.69) is 16.7 Å². The first-order valence-electron chi connectivity index (χ1n) is 9.34. The van der Waals surface area contributed by atoms with E-state index in [0.717, 1.165) is 17.7 Å². The molecule has 3 amide bonds. The summed E-state index contributed by atoms with van der Waals surface area (Å²) >= 11 is 1.83. The van der Waals surface area contributed by atoms with Crippen molar-refractivity contribution in [1.82, 2.24) is 10.6 Å². The molecule has 1 aliphatic rings. The van der Waals surface area contributed by atoms with Gasteiger partial charge in [-0.05, 0) is 30.4 Å². The quantitative estimate of drug-likeness (QED) is 0.423. The minimum atomic E-state index is -1.08. The molecule has 0 aliphatic carbocycles. The zero-order chi connectivity index (χ0) is 21.2. The normalized spacial score (nSPS) is 14.0. The number of aryl methyl sites for hydroxylation is 1. The lowest BCUT2D eigenvalue weighted by molar-refractivity contribution is -0.138. The highest BCUT2D eigenvalue weighted by Gasteiger charge is 2.22. The van der Waals surface area contributed by atoms with Crippen molar-refractivity contribution in [3.63, 3.8) is 0 Å². The first kappa shape index (κ1) is 22.5. The van der Waals surface area contributed by atoms with Crippen molar-refractivity contribution in [2.75, 3.05) is 12.3 Å². The lowest BCUT2D eigenvalue weighted by Crippen LogP contribution is -2.48. The Labute approximate surface area is 173 Å². The van der Waals surface area contributed by atoms with Crippen LogP contribution in [0.3, 0.4) is 0 Å². The van der Waals surface area contributed by atoms with Gasteiger partial charge in [0.2, 0.25) is 17.7 Å². The molecule has 0 saturated heterocycles. The first-order valence-corrected chi connectivity index (χ1v) is 10.3. The fraction of sp³-hybridized carbons (Fsp3) is 0.400. The monoisotopic (exact) mass is 419 g/mol. The topological polar surface area (TPSA) is 139 Å². The SMILES string of the molecule is NC(=O)CNC(=O)C(CCC(=O)O)NC(=O)CCc1ccc(C2=CCCS2)cc1. The van der Waals surface area contributed by atoms with E-state index in [1.54, 1.807) is 0 Å². The lowest BCUT2D eigenvalue weighted by atomic mass is 10.1. The summed E-state index contributed by atoms with van der Waals surface area (Å²) < 4.78 is 0. The van der Waals surface area contributed by atoms with Gasteiger partial charge in [-0.1, -0.05) is 30.3 Å². The number of nitrogens with one attached hydrogen (secondary N) is 2. The summed E-state index contributed by atoms with van der Waals surface area (Å²) in [6.45, 7) is -0.376. The van der Waals surface area contributed by atoms with Crippen LogP contribution in [0.25, 0.3) is 4.91 Å². The number of allylic oxidation sites excluding steroid dienone is 1. The highest BCUT2D eigenvalue weighted by Crippen LogP contribution is 2.33. The van der Waals surface area contributed by atoms with Crippen molar-refractivity contribution in [2.24, 2.45) is 5.73 Å². The Morgan fingerprint density at radius 1 is 1.14 bits per heavy atom. The van der Waals surface area contributed by atoms with E-state index in [1.807, 2.05) is 36.0 Å². The van der Waals surface area contributed by atoms with Crippen LogP contribution in [0, 0.1) is 0 Å². The molecular weight excluding hydrogens is 394 g/mol. The van der Waals surface area contributed by atoms with Crippen molar-refractivity contribution in [3.8, 4) is 0 Å². The van der Waals surface area contributed by atoms with Crippen LogP contribution in [-0.4, -0.2) is 47.1 Å². The second-order valence-corrected chi connectivity index (χ2v) is 7.78. The molecule has 1 heterocycles. The molecule has 1 unspecified atom stereocenters. The number of carbonyl (C=O) groups is 4. The molecule has 0 saturated carbocycles. The number of amides is 3. The zero-order valence-corrected chi connectivity index (χ0v) is 16.8. The summed E-state index contributed by atoms with van der Waals surface area (Å²) in [6.07, 6.45) is 3.58. The molecule has 8 nitrogen and oxygen atoms in total. The lowest BCUT2D eigenvalue weighted by Gasteiger charge is -2.17. The van der Waals surface area contributed by atoms with E-state index in [0.29, 0.717) is 6.42 Å². The number of hydrogen-bond donors (Lipinski definition) is 4. The molecule has 1 aromatic carbocycles. The molecule has 0 spiro atoms. The van der Waals surface area contributed by atoms with E-state index in [1.165, 1.54) is 10.5 Å². The van der Waals surface area contributed by atoms with Crippen molar-refractivity contribution in [2.45, 2.75) is 38.1 Å². The second kappa shape index (κ2) is 11.3. The van der Waals surface area contributed by atoms with Crippen LogP contribution >= 0.6 is 11.8 Å². The Morgan fingerprint density at radius 2 is 1.86 bits per heavy atom. The number of thioether (sulfide) groups is 1. The molecule has 156 valence electrons. The Bertz CT molecular complexity index is 792. The summed E-state index contributed by atoms with van der Waals surface area (Å²) in [6, 6.07) is 6.98. The van der Waals surface area contributed by atoms with Gasteiger partial charge in [0.1, 0.15) is 6.04 Å². The molecule has 29 heavy (non-hydrogen) atoms.